The van der Waals surface area contributed by atoms with Crippen LogP contribution in [0.4, 0.5) is 4.79 Å². The van der Waals surface area contributed by atoms with Crippen LogP contribution < -0.4 is 5.32 Å². The molecular formula is C12H22N2O5. The van der Waals surface area contributed by atoms with Crippen LogP contribution in [0, 0.1) is 5.41 Å². The third-order valence-corrected chi connectivity index (χ3v) is 2.66. The third-order valence-electron chi connectivity index (χ3n) is 2.66. The monoisotopic (exact) mass is 274 g/mol. The van der Waals surface area contributed by atoms with Crippen molar-refractivity contribution in [2.45, 2.75) is 33.2 Å². The van der Waals surface area contributed by atoms with Gasteiger partial charge in [-0.15, -0.1) is 0 Å². The first kappa shape index (κ1) is 17.2. The van der Waals surface area contributed by atoms with Crippen molar-refractivity contribution in [1.82, 2.24) is 10.2 Å². The number of aliphatic carboxylic acids is 1. The molecule has 1 atom stereocenters. The maximum Gasteiger partial charge on any atom is 0.325 e. The molecule has 0 fully saturated rings. The van der Waals surface area contributed by atoms with Crippen LogP contribution in [0.2, 0.25) is 0 Å². The van der Waals surface area contributed by atoms with Crippen molar-refractivity contribution in [1.29, 1.82) is 0 Å². The molecule has 0 aliphatic rings. The number of amides is 2. The minimum Gasteiger partial charge on any atom is -0.481 e. The predicted octanol–water partition coefficient (Wildman–Crippen LogP) is 0.690. The lowest BCUT2D eigenvalue weighted by Crippen LogP contribution is -2.50. The van der Waals surface area contributed by atoms with Gasteiger partial charge >= 0.3 is 18.0 Å². The molecule has 0 aromatic rings. The molecule has 0 spiro atoms. The first-order chi connectivity index (χ1) is 8.57. The predicted molar refractivity (Wildman–Crippen MR) is 68.7 cm³/mol. The number of methoxy groups -OCH3 is 1. The minimum absolute atomic E-state index is 0.179. The molecule has 2 amide bonds. The number of carboxylic acids is 1. The SMILES string of the molecule is COC(=O)CN(C)C(=O)NC(CC(=O)O)C(C)(C)C. The number of rotatable bonds is 5. The van der Waals surface area contributed by atoms with Crippen LogP contribution in [0.1, 0.15) is 27.2 Å². The number of nitrogens with zero attached hydrogens (tertiary/aromatic N) is 1. The minimum atomic E-state index is -0.990. The van der Waals surface area contributed by atoms with Crippen molar-refractivity contribution < 1.29 is 24.2 Å². The summed E-state index contributed by atoms with van der Waals surface area (Å²) in [6, 6.07) is -1.04. The molecule has 0 bridgehead atoms. The Labute approximate surface area is 112 Å². The molecule has 0 aromatic carbocycles. The van der Waals surface area contributed by atoms with E-state index in [0.29, 0.717) is 0 Å². The standard InChI is InChI=1S/C12H22N2O5/c1-12(2,3)8(6-9(15)16)13-11(18)14(4)7-10(17)19-5/h8H,6-7H2,1-5H3,(H,13,18)(H,15,16). The molecule has 7 nitrogen and oxygen atoms in total. The van der Waals surface area contributed by atoms with Crippen molar-refractivity contribution in [3.63, 3.8) is 0 Å². The highest BCUT2D eigenvalue weighted by atomic mass is 16.5. The van der Waals surface area contributed by atoms with E-state index in [1.54, 1.807) is 0 Å². The van der Waals surface area contributed by atoms with Crippen molar-refractivity contribution in [3.05, 3.63) is 0 Å². The second kappa shape index (κ2) is 6.96. The number of urea groups is 1. The summed E-state index contributed by atoms with van der Waals surface area (Å²) in [7, 11) is 2.67. The molecule has 110 valence electrons. The first-order valence-corrected chi connectivity index (χ1v) is 5.88. The Bertz CT molecular complexity index is 349. The van der Waals surface area contributed by atoms with Gasteiger partial charge < -0.3 is 20.1 Å². The zero-order valence-electron chi connectivity index (χ0n) is 12.0. The molecule has 0 heterocycles. The number of hydrogen-bond acceptors (Lipinski definition) is 4. The first-order valence-electron chi connectivity index (χ1n) is 5.88. The fourth-order valence-corrected chi connectivity index (χ4v) is 1.34. The van der Waals surface area contributed by atoms with Crippen molar-refractivity contribution in [2.75, 3.05) is 20.7 Å². The van der Waals surface area contributed by atoms with Crippen LogP contribution in [0.3, 0.4) is 0 Å². The summed E-state index contributed by atoms with van der Waals surface area (Å²) in [5, 5.41) is 11.5. The lowest BCUT2D eigenvalue weighted by Gasteiger charge is -2.31. The number of nitrogens with one attached hydrogen (secondary N) is 1. The van der Waals surface area contributed by atoms with Crippen LogP contribution in [-0.2, 0) is 14.3 Å². The van der Waals surface area contributed by atoms with Crippen molar-refractivity contribution in [2.24, 2.45) is 5.41 Å². The van der Waals surface area contributed by atoms with Gasteiger partial charge in [-0.25, -0.2) is 4.79 Å². The smallest absolute Gasteiger partial charge is 0.325 e. The van der Waals surface area contributed by atoms with E-state index >= 15 is 0 Å². The zero-order chi connectivity index (χ0) is 15.2. The number of carbonyl (C=O) groups is 3. The Hall–Kier alpha value is -1.79. The maximum atomic E-state index is 11.8. The van der Waals surface area contributed by atoms with Gasteiger partial charge in [-0.05, 0) is 5.41 Å². The largest absolute Gasteiger partial charge is 0.481 e. The van der Waals surface area contributed by atoms with Crippen LogP contribution in [-0.4, -0.2) is 54.7 Å². The van der Waals surface area contributed by atoms with Crippen LogP contribution >= 0.6 is 0 Å². The molecule has 0 rings (SSSR count). The van der Waals surface area contributed by atoms with Gasteiger partial charge in [0.25, 0.3) is 0 Å². The fourth-order valence-electron chi connectivity index (χ4n) is 1.34. The normalized spacial score (nSPS) is 12.5. The summed E-state index contributed by atoms with van der Waals surface area (Å²) in [6.45, 7) is 5.32. The highest BCUT2D eigenvalue weighted by Gasteiger charge is 2.29. The zero-order valence-corrected chi connectivity index (χ0v) is 12.0. The van der Waals surface area contributed by atoms with E-state index in [9.17, 15) is 14.4 Å². The van der Waals surface area contributed by atoms with E-state index in [2.05, 4.69) is 10.1 Å². The summed E-state index contributed by atoms with van der Waals surface area (Å²) in [5.74, 6) is -1.53. The van der Waals surface area contributed by atoms with Gasteiger partial charge in [0, 0.05) is 13.1 Å². The topological polar surface area (TPSA) is 95.9 Å². The van der Waals surface area contributed by atoms with Gasteiger partial charge in [-0.3, -0.25) is 9.59 Å². The van der Waals surface area contributed by atoms with Gasteiger partial charge in [0.15, 0.2) is 0 Å². The summed E-state index contributed by atoms with van der Waals surface area (Å²) < 4.78 is 4.45. The second-order valence-electron chi connectivity index (χ2n) is 5.40. The Morgan fingerprint density at radius 3 is 2.21 bits per heavy atom. The summed E-state index contributed by atoms with van der Waals surface area (Å²) in [4.78, 5) is 34.8. The van der Waals surface area contributed by atoms with E-state index in [4.69, 9.17) is 5.11 Å². The molecule has 7 heteroatoms. The lowest BCUT2D eigenvalue weighted by molar-refractivity contribution is -0.141. The average Bonchev–Trinajstić information content (AvgIpc) is 2.25. The van der Waals surface area contributed by atoms with Gasteiger partial charge in [0.1, 0.15) is 6.54 Å². The number of hydrogen-bond donors (Lipinski definition) is 2. The highest BCUT2D eigenvalue weighted by Crippen LogP contribution is 2.22. The van der Waals surface area contributed by atoms with Crippen LogP contribution in [0.25, 0.3) is 0 Å². The fraction of sp³-hybridized carbons (Fsp3) is 0.750. The second-order valence-corrected chi connectivity index (χ2v) is 5.40. The molecule has 0 saturated heterocycles. The molecular weight excluding hydrogens is 252 g/mol. The van der Waals surface area contributed by atoms with Gasteiger partial charge in [-0.2, -0.15) is 0 Å². The summed E-state index contributed by atoms with van der Waals surface area (Å²) in [6.07, 6.45) is -0.179. The van der Waals surface area contributed by atoms with Crippen LogP contribution in [0.15, 0.2) is 0 Å². The molecule has 0 radical (unpaired) electrons. The molecule has 0 saturated carbocycles. The Balaban J connectivity index is 4.63. The van der Waals surface area contributed by atoms with E-state index in [1.165, 1.54) is 14.2 Å². The molecule has 0 aromatic heterocycles. The Morgan fingerprint density at radius 2 is 1.84 bits per heavy atom. The van der Waals surface area contributed by atoms with E-state index in [-0.39, 0.29) is 13.0 Å². The Kier molecular flexibility index (Phi) is 6.31. The maximum absolute atomic E-state index is 11.8. The van der Waals surface area contributed by atoms with Gasteiger partial charge in [-0.1, -0.05) is 20.8 Å². The van der Waals surface area contributed by atoms with Crippen molar-refractivity contribution in [3.8, 4) is 0 Å². The van der Waals surface area contributed by atoms with E-state index in [0.717, 1.165) is 4.90 Å². The van der Waals surface area contributed by atoms with Crippen molar-refractivity contribution >= 4 is 18.0 Å². The van der Waals surface area contributed by atoms with Gasteiger partial charge in [0.05, 0.1) is 13.5 Å². The molecule has 0 aliphatic carbocycles. The van der Waals surface area contributed by atoms with Crippen LogP contribution in [0.5, 0.6) is 0 Å². The third kappa shape index (κ3) is 6.64. The van der Waals surface area contributed by atoms with E-state index in [1.807, 2.05) is 20.8 Å². The quantitative estimate of drug-likeness (QED) is 0.719. The highest BCUT2D eigenvalue weighted by molar-refractivity contribution is 5.81. The number of likely N-dealkylation sites (N-methyl/N-ethyl adjacent to an activating group) is 1. The molecule has 1 unspecified atom stereocenters. The lowest BCUT2D eigenvalue weighted by atomic mass is 9.85. The number of ether oxygens (including phenoxy) is 1. The molecule has 19 heavy (non-hydrogen) atoms. The number of carbonyl (C=O) groups excluding carboxylic acids is 2. The Morgan fingerprint density at radius 1 is 1.32 bits per heavy atom. The molecule has 2 N–H and O–H groups in total. The summed E-state index contributed by atoms with van der Waals surface area (Å²) in [5.41, 5.74) is -0.403. The van der Waals surface area contributed by atoms with Gasteiger partial charge in [0.2, 0.25) is 0 Å². The number of esters is 1. The summed E-state index contributed by atoms with van der Waals surface area (Å²) >= 11 is 0. The average molecular weight is 274 g/mol. The number of carboxylic acid groups (broad SMARTS) is 1. The molecule has 0 aliphatic heterocycles. The van der Waals surface area contributed by atoms with E-state index < -0.39 is 29.4 Å².